The Morgan fingerprint density at radius 1 is 1.42 bits per heavy atom. The fraction of sp³-hybridized carbons (Fsp3) is 0.222. The molecule has 0 aliphatic heterocycles. The predicted molar refractivity (Wildman–Crippen MR) is 101 cm³/mol. The molecule has 8 heteroatoms. The molecule has 0 radical (unpaired) electrons. The van der Waals surface area contributed by atoms with Crippen molar-refractivity contribution in [2.45, 2.75) is 25.8 Å². The Hall–Kier alpha value is -2.69. The lowest BCUT2D eigenvalue weighted by Crippen LogP contribution is -2.28. The lowest BCUT2D eigenvalue weighted by atomic mass is 10.2. The Labute approximate surface area is 157 Å². The molecule has 0 unspecified atom stereocenters. The number of nitrogens with zero attached hydrogens (tertiary/aromatic N) is 3. The van der Waals surface area contributed by atoms with Gasteiger partial charge in [-0.2, -0.15) is 5.26 Å². The van der Waals surface area contributed by atoms with Crippen LogP contribution < -0.4 is 10.9 Å². The summed E-state index contributed by atoms with van der Waals surface area (Å²) in [6, 6.07) is 6.60. The number of aryl methyl sites for hydroxylation is 2. The van der Waals surface area contributed by atoms with E-state index < -0.39 is 0 Å². The van der Waals surface area contributed by atoms with Crippen LogP contribution in [-0.2, 0) is 24.2 Å². The van der Waals surface area contributed by atoms with Crippen LogP contribution in [0.4, 0.5) is 5.69 Å². The summed E-state index contributed by atoms with van der Waals surface area (Å²) in [7, 11) is 0. The second kappa shape index (κ2) is 6.56. The zero-order chi connectivity index (χ0) is 18.3. The molecule has 1 aromatic carbocycles. The molecule has 130 valence electrons. The minimum Gasteiger partial charge on any atom is -0.324 e. The third-order valence-electron chi connectivity index (χ3n) is 4.38. The normalized spacial score (nSPS) is 12.8. The fourth-order valence-corrected chi connectivity index (χ4v) is 4.61. The molecule has 26 heavy (non-hydrogen) atoms. The van der Waals surface area contributed by atoms with E-state index in [-0.39, 0.29) is 23.0 Å². The van der Waals surface area contributed by atoms with Gasteiger partial charge in [-0.25, -0.2) is 4.98 Å². The monoisotopic (exact) mass is 384 g/mol. The van der Waals surface area contributed by atoms with Gasteiger partial charge in [0.2, 0.25) is 5.91 Å². The van der Waals surface area contributed by atoms with E-state index in [1.54, 1.807) is 17.4 Å². The van der Waals surface area contributed by atoms with Crippen LogP contribution in [0, 0.1) is 11.3 Å². The van der Waals surface area contributed by atoms with Gasteiger partial charge in [-0.15, -0.1) is 11.3 Å². The van der Waals surface area contributed by atoms with Crippen LogP contribution in [0.3, 0.4) is 0 Å². The Morgan fingerprint density at radius 3 is 3.04 bits per heavy atom. The Bertz CT molecular complexity index is 1140. The third-order valence-corrected chi connectivity index (χ3v) is 5.89. The van der Waals surface area contributed by atoms with Crippen LogP contribution >= 0.6 is 22.9 Å². The van der Waals surface area contributed by atoms with Crippen molar-refractivity contribution in [1.82, 2.24) is 9.55 Å². The van der Waals surface area contributed by atoms with Crippen molar-refractivity contribution >= 4 is 44.7 Å². The number of nitrogens with one attached hydrogen (secondary N) is 1. The molecule has 1 aliphatic rings. The van der Waals surface area contributed by atoms with E-state index in [1.165, 1.54) is 27.9 Å². The van der Waals surface area contributed by atoms with Crippen LogP contribution in [0.25, 0.3) is 10.2 Å². The maximum Gasteiger partial charge on any atom is 0.262 e. The van der Waals surface area contributed by atoms with Crippen molar-refractivity contribution in [3.05, 3.63) is 55.9 Å². The summed E-state index contributed by atoms with van der Waals surface area (Å²) in [5.74, 6) is -0.360. The molecule has 3 aromatic rings. The molecular formula is C18H13ClN4O2S. The lowest BCUT2D eigenvalue weighted by Gasteiger charge is -2.08. The summed E-state index contributed by atoms with van der Waals surface area (Å²) in [5, 5.41) is 12.5. The van der Waals surface area contributed by atoms with Crippen molar-refractivity contribution in [1.29, 1.82) is 5.26 Å². The molecule has 0 spiro atoms. The number of anilines is 1. The van der Waals surface area contributed by atoms with E-state index in [2.05, 4.69) is 10.3 Å². The van der Waals surface area contributed by atoms with Gasteiger partial charge in [-0.1, -0.05) is 11.6 Å². The van der Waals surface area contributed by atoms with Gasteiger partial charge in [0, 0.05) is 10.6 Å². The first-order chi connectivity index (χ1) is 12.6. The fourth-order valence-electron chi connectivity index (χ4n) is 3.17. The highest BCUT2D eigenvalue weighted by molar-refractivity contribution is 7.18. The smallest absolute Gasteiger partial charge is 0.262 e. The second-order valence-corrected chi connectivity index (χ2v) is 7.56. The Balaban J connectivity index is 1.58. The molecule has 0 saturated heterocycles. The maximum absolute atomic E-state index is 12.8. The average molecular weight is 385 g/mol. The lowest BCUT2D eigenvalue weighted by molar-refractivity contribution is -0.116. The molecule has 4 rings (SSSR count). The van der Waals surface area contributed by atoms with Gasteiger partial charge in [0.25, 0.3) is 5.56 Å². The van der Waals surface area contributed by atoms with Crippen LogP contribution in [0.1, 0.15) is 22.4 Å². The number of amides is 1. The highest BCUT2D eigenvalue weighted by atomic mass is 35.5. The number of halogens is 1. The second-order valence-electron chi connectivity index (χ2n) is 6.07. The number of hydrogen-bond acceptors (Lipinski definition) is 5. The van der Waals surface area contributed by atoms with E-state index in [0.717, 1.165) is 29.7 Å². The zero-order valence-electron chi connectivity index (χ0n) is 13.6. The third kappa shape index (κ3) is 2.87. The minimum atomic E-state index is -0.360. The van der Waals surface area contributed by atoms with Crippen LogP contribution in [0.2, 0.25) is 5.02 Å². The molecule has 1 N–H and O–H groups in total. The standard InChI is InChI=1S/C18H13ClN4O2S/c19-13-6-11(5-4-10(13)7-20)22-15(24)8-23-9-21-17-16(18(23)25)12-2-1-3-14(12)26-17/h4-6,9H,1-3,8H2,(H,22,24). The maximum atomic E-state index is 12.8. The molecule has 0 saturated carbocycles. The number of hydrogen-bond donors (Lipinski definition) is 1. The van der Waals surface area contributed by atoms with Gasteiger partial charge >= 0.3 is 0 Å². The number of fused-ring (bicyclic) bond motifs is 3. The molecule has 2 aromatic heterocycles. The molecule has 0 bridgehead atoms. The number of thiophene rings is 1. The quantitative estimate of drug-likeness (QED) is 0.751. The molecule has 1 amide bonds. The van der Waals surface area contributed by atoms with Gasteiger partial charge in [0.1, 0.15) is 17.4 Å². The summed E-state index contributed by atoms with van der Waals surface area (Å²) >= 11 is 7.54. The summed E-state index contributed by atoms with van der Waals surface area (Å²) in [5.41, 5.74) is 1.72. The summed E-state index contributed by atoms with van der Waals surface area (Å²) < 4.78 is 1.33. The van der Waals surface area contributed by atoms with Crippen LogP contribution in [0.15, 0.2) is 29.3 Å². The van der Waals surface area contributed by atoms with Crippen molar-refractivity contribution in [3.63, 3.8) is 0 Å². The number of aromatic nitrogens is 2. The highest BCUT2D eigenvalue weighted by Crippen LogP contribution is 2.34. The molecule has 2 heterocycles. The van der Waals surface area contributed by atoms with E-state index >= 15 is 0 Å². The first kappa shape index (κ1) is 16.8. The summed E-state index contributed by atoms with van der Waals surface area (Å²) in [6.45, 7) is -0.135. The number of carbonyl (C=O) groups is 1. The summed E-state index contributed by atoms with van der Waals surface area (Å²) in [4.78, 5) is 31.4. The van der Waals surface area contributed by atoms with E-state index in [0.29, 0.717) is 16.6 Å². The van der Waals surface area contributed by atoms with Gasteiger partial charge in [-0.05, 0) is 43.0 Å². The number of nitriles is 1. The van der Waals surface area contributed by atoms with Crippen molar-refractivity contribution in [2.75, 3.05) is 5.32 Å². The molecule has 0 fully saturated rings. The van der Waals surface area contributed by atoms with Gasteiger partial charge in [0.05, 0.1) is 22.3 Å². The van der Waals surface area contributed by atoms with E-state index in [1.807, 2.05) is 6.07 Å². The van der Waals surface area contributed by atoms with Crippen LogP contribution in [0.5, 0.6) is 0 Å². The Kier molecular flexibility index (Phi) is 4.23. The highest BCUT2D eigenvalue weighted by Gasteiger charge is 2.21. The molecule has 1 aliphatic carbocycles. The van der Waals surface area contributed by atoms with Crippen molar-refractivity contribution < 1.29 is 4.79 Å². The van der Waals surface area contributed by atoms with Crippen molar-refractivity contribution in [2.24, 2.45) is 0 Å². The van der Waals surface area contributed by atoms with Gasteiger partial charge < -0.3 is 5.32 Å². The van der Waals surface area contributed by atoms with Gasteiger partial charge in [-0.3, -0.25) is 14.2 Å². The largest absolute Gasteiger partial charge is 0.324 e. The molecular weight excluding hydrogens is 372 g/mol. The van der Waals surface area contributed by atoms with Gasteiger partial charge in [0.15, 0.2) is 0 Å². The Morgan fingerprint density at radius 2 is 2.27 bits per heavy atom. The minimum absolute atomic E-state index is 0.135. The molecule has 6 nitrogen and oxygen atoms in total. The average Bonchev–Trinajstić information content (AvgIpc) is 3.18. The first-order valence-corrected chi connectivity index (χ1v) is 9.25. The first-order valence-electron chi connectivity index (χ1n) is 8.06. The van der Waals surface area contributed by atoms with Crippen molar-refractivity contribution in [3.8, 4) is 6.07 Å². The van der Waals surface area contributed by atoms with E-state index in [4.69, 9.17) is 16.9 Å². The predicted octanol–water partition coefficient (Wildman–Crippen LogP) is 3.11. The zero-order valence-corrected chi connectivity index (χ0v) is 15.2. The SMILES string of the molecule is N#Cc1ccc(NC(=O)Cn2cnc3sc4c(c3c2=O)CCC4)cc1Cl. The summed E-state index contributed by atoms with van der Waals surface area (Å²) in [6.07, 6.45) is 4.37. The molecule has 0 atom stereocenters. The number of rotatable bonds is 3. The number of benzene rings is 1. The van der Waals surface area contributed by atoms with E-state index in [9.17, 15) is 9.59 Å². The number of carbonyl (C=O) groups excluding carboxylic acids is 1. The van der Waals surface area contributed by atoms with Crippen LogP contribution in [-0.4, -0.2) is 15.5 Å². The topological polar surface area (TPSA) is 87.8 Å².